The number of nitrogens with one attached hydrogen (secondary N) is 2. The van der Waals surface area contributed by atoms with Crippen LogP contribution < -0.4 is 14.8 Å². The Kier molecular flexibility index (Phi) is 6.00. The first kappa shape index (κ1) is 23.0. The fourth-order valence-corrected chi connectivity index (χ4v) is 4.34. The van der Waals surface area contributed by atoms with Crippen LogP contribution in [0.4, 0.5) is 19.3 Å². The van der Waals surface area contributed by atoms with Crippen LogP contribution in [-0.2, 0) is 22.6 Å². The van der Waals surface area contributed by atoms with E-state index in [4.69, 9.17) is 4.74 Å². The molecule has 13 heteroatoms. The minimum Gasteiger partial charge on any atom is -0.477 e. The van der Waals surface area contributed by atoms with Crippen molar-refractivity contribution < 1.29 is 26.7 Å². The summed E-state index contributed by atoms with van der Waals surface area (Å²) < 4.78 is 63.0. The lowest BCUT2D eigenvalue weighted by Gasteiger charge is -2.18. The lowest BCUT2D eigenvalue weighted by molar-refractivity contribution is -0.0754. The van der Waals surface area contributed by atoms with Crippen molar-refractivity contribution in [2.24, 2.45) is 0 Å². The molecule has 2 amide bonds. The maximum atomic E-state index is 14.1. The third-order valence-electron chi connectivity index (χ3n) is 4.68. The van der Waals surface area contributed by atoms with Gasteiger partial charge in [0.2, 0.25) is 5.88 Å². The van der Waals surface area contributed by atoms with Gasteiger partial charge in [0.15, 0.2) is 4.90 Å². The summed E-state index contributed by atoms with van der Waals surface area (Å²) in [7, 11) is -4.31. The fraction of sp³-hybridized carbons (Fsp3) is 0.611. The summed E-state index contributed by atoms with van der Waals surface area (Å²) in [5.41, 5.74) is 0.381. The molecule has 0 unspecified atom stereocenters. The summed E-state index contributed by atoms with van der Waals surface area (Å²) in [5.74, 6) is -0.673. The SMILES string of the molecule is CC(C)c1nn(C(C)(F)F)c(C(C)C)c1NC(=O)NS(=O)(=O)c1cnn2c1OCCC2. The molecule has 2 N–H and O–H groups in total. The molecule has 0 aliphatic carbocycles. The van der Waals surface area contributed by atoms with Crippen molar-refractivity contribution in [1.82, 2.24) is 24.3 Å². The first-order valence-electron chi connectivity index (χ1n) is 9.86. The maximum absolute atomic E-state index is 14.1. The minimum atomic E-state index is -4.31. The largest absolute Gasteiger partial charge is 0.477 e. The van der Waals surface area contributed by atoms with Gasteiger partial charge in [0, 0.05) is 19.9 Å². The van der Waals surface area contributed by atoms with E-state index in [1.54, 1.807) is 27.7 Å². The summed E-state index contributed by atoms with van der Waals surface area (Å²) in [5, 5.41) is 10.4. The van der Waals surface area contributed by atoms with Crippen LogP contribution in [0, 0.1) is 0 Å². The van der Waals surface area contributed by atoms with E-state index >= 15 is 0 Å². The van der Waals surface area contributed by atoms with Gasteiger partial charge in [-0.1, -0.05) is 27.7 Å². The van der Waals surface area contributed by atoms with E-state index < -0.39 is 28.0 Å². The topological polar surface area (TPSA) is 120 Å². The molecule has 0 spiro atoms. The maximum Gasteiger partial charge on any atom is 0.341 e. The quantitative estimate of drug-likeness (QED) is 0.683. The van der Waals surface area contributed by atoms with Crippen LogP contribution in [0.15, 0.2) is 11.1 Å². The molecule has 2 aromatic rings. The van der Waals surface area contributed by atoms with Crippen LogP contribution in [0.25, 0.3) is 0 Å². The molecule has 0 saturated carbocycles. The highest BCUT2D eigenvalue weighted by Gasteiger charge is 2.35. The number of aromatic nitrogens is 4. The number of anilines is 1. The molecular formula is C18H26F2N6O4S. The summed E-state index contributed by atoms with van der Waals surface area (Å²) in [4.78, 5) is 12.3. The number of hydrogen-bond donors (Lipinski definition) is 2. The molecule has 0 saturated heterocycles. The number of halogens is 2. The highest BCUT2D eigenvalue weighted by molar-refractivity contribution is 7.90. The number of amides is 2. The van der Waals surface area contributed by atoms with Crippen molar-refractivity contribution in [3.63, 3.8) is 0 Å². The van der Waals surface area contributed by atoms with E-state index in [0.29, 0.717) is 31.2 Å². The lowest BCUT2D eigenvalue weighted by Crippen LogP contribution is -2.35. The van der Waals surface area contributed by atoms with E-state index in [1.807, 2.05) is 4.72 Å². The van der Waals surface area contributed by atoms with Gasteiger partial charge in [-0.15, -0.1) is 0 Å². The van der Waals surface area contributed by atoms with Crippen LogP contribution in [0.2, 0.25) is 0 Å². The Labute approximate surface area is 179 Å². The van der Waals surface area contributed by atoms with E-state index in [1.165, 1.54) is 4.68 Å². The monoisotopic (exact) mass is 460 g/mol. The molecule has 0 atom stereocenters. The van der Waals surface area contributed by atoms with Crippen LogP contribution >= 0.6 is 0 Å². The predicted molar refractivity (Wildman–Crippen MR) is 108 cm³/mol. The van der Waals surface area contributed by atoms with E-state index in [9.17, 15) is 22.0 Å². The predicted octanol–water partition coefficient (Wildman–Crippen LogP) is 3.19. The van der Waals surface area contributed by atoms with E-state index in [-0.39, 0.29) is 33.8 Å². The number of carbonyl (C=O) groups excluding carboxylic acids is 1. The van der Waals surface area contributed by atoms with Crippen LogP contribution in [0.3, 0.4) is 0 Å². The third kappa shape index (κ3) is 4.50. The van der Waals surface area contributed by atoms with Crippen molar-refractivity contribution in [2.45, 2.75) is 70.4 Å². The Hall–Kier alpha value is -2.70. The van der Waals surface area contributed by atoms with Crippen molar-refractivity contribution in [2.75, 3.05) is 11.9 Å². The number of hydrogen-bond acceptors (Lipinski definition) is 6. The number of urea groups is 1. The van der Waals surface area contributed by atoms with Gasteiger partial charge in [-0.05, 0) is 11.8 Å². The molecular weight excluding hydrogens is 434 g/mol. The van der Waals surface area contributed by atoms with Crippen LogP contribution in [-0.4, -0.2) is 40.6 Å². The number of aryl methyl sites for hydroxylation is 1. The summed E-state index contributed by atoms with van der Waals surface area (Å²) in [6.07, 6.45) is 1.79. The summed E-state index contributed by atoms with van der Waals surface area (Å²) in [6.45, 7) is 8.37. The molecule has 3 rings (SSSR count). The van der Waals surface area contributed by atoms with Gasteiger partial charge in [-0.3, -0.25) is 0 Å². The Morgan fingerprint density at radius 2 is 1.94 bits per heavy atom. The van der Waals surface area contributed by atoms with Crippen molar-refractivity contribution in [3.05, 3.63) is 17.6 Å². The minimum absolute atomic E-state index is 0.0516. The number of sulfonamides is 1. The Morgan fingerprint density at radius 3 is 2.52 bits per heavy atom. The second kappa shape index (κ2) is 8.09. The number of nitrogens with zero attached hydrogens (tertiary/aromatic N) is 4. The second-order valence-corrected chi connectivity index (χ2v) is 9.66. The van der Waals surface area contributed by atoms with Crippen molar-refractivity contribution in [1.29, 1.82) is 0 Å². The van der Waals surface area contributed by atoms with Gasteiger partial charge in [-0.25, -0.2) is 27.3 Å². The molecule has 10 nitrogen and oxygen atoms in total. The Morgan fingerprint density at radius 1 is 1.26 bits per heavy atom. The van der Waals surface area contributed by atoms with Crippen LogP contribution in [0.5, 0.6) is 5.88 Å². The van der Waals surface area contributed by atoms with Crippen molar-refractivity contribution in [3.8, 4) is 5.88 Å². The summed E-state index contributed by atoms with van der Waals surface area (Å²) in [6, 6.07) is -4.40. The zero-order valence-corrected chi connectivity index (χ0v) is 18.8. The number of alkyl halides is 2. The molecule has 0 bridgehead atoms. The molecule has 0 aromatic carbocycles. The zero-order valence-electron chi connectivity index (χ0n) is 17.9. The van der Waals surface area contributed by atoms with Gasteiger partial charge in [-0.2, -0.15) is 19.0 Å². The van der Waals surface area contributed by atoms with Crippen LogP contribution in [0.1, 0.15) is 64.3 Å². The number of fused-ring (bicyclic) bond motifs is 1. The van der Waals surface area contributed by atoms with Gasteiger partial charge in [0.05, 0.1) is 29.9 Å². The summed E-state index contributed by atoms with van der Waals surface area (Å²) >= 11 is 0. The standard InChI is InChI=1S/C18H26F2N6O4S/c1-10(2)13-14(15(11(3)4)26(23-13)18(5,19)20)22-17(27)24-31(28,29)12-9-21-25-7-6-8-30-16(12)25/h9-11H,6-8H2,1-5H3,(H2,22,24,27). The third-order valence-corrected chi connectivity index (χ3v) is 5.99. The molecule has 172 valence electrons. The molecule has 2 aromatic heterocycles. The lowest BCUT2D eigenvalue weighted by atomic mass is 10.0. The van der Waals surface area contributed by atoms with Gasteiger partial charge in [0.1, 0.15) is 0 Å². The Bertz CT molecular complexity index is 1090. The molecule has 0 radical (unpaired) electrons. The molecule has 3 heterocycles. The highest BCUT2D eigenvalue weighted by Crippen LogP contribution is 2.36. The zero-order chi connectivity index (χ0) is 23.1. The van der Waals surface area contributed by atoms with Gasteiger partial charge >= 0.3 is 12.1 Å². The first-order valence-corrected chi connectivity index (χ1v) is 11.3. The molecule has 1 aliphatic heterocycles. The van der Waals surface area contributed by atoms with Gasteiger partial charge < -0.3 is 10.1 Å². The normalized spacial score (nSPS) is 14.5. The number of carbonyl (C=O) groups is 1. The second-order valence-electron chi connectivity index (χ2n) is 8.01. The van der Waals surface area contributed by atoms with E-state index in [2.05, 4.69) is 15.5 Å². The smallest absolute Gasteiger partial charge is 0.341 e. The van der Waals surface area contributed by atoms with E-state index in [0.717, 1.165) is 6.20 Å². The van der Waals surface area contributed by atoms with Gasteiger partial charge in [0.25, 0.3) is 10.0 Å². The average Bonchev–Trinajstić information content (AvgIpc) is 3.22. The average molecular weight is 461 g/mol. The number of ether oxygens (including phenoxy) is 1. The first-order chi connectivity index (χ1) is 14.3. The number of rotatable bonds is 6. The molecule has 0 fully saturated rings. The highest BCUT2D eigenvalue weighted by atomic mass is 32.2. The molecule has 31 heavy (non-hydrogen) atoms. The van der Waals surface area contributed by atoms with Crippen molar-refractivity contribution >= 4 is 21.7 Å². The molecule has 1 aliphatic rings. The fourth-order valence-electron chi connectivity index (χ4n) is 3.36. The Balaban J connectivity index is 1.93.